The number of urea groups is 1. The summed E-state index contributed by atoms with van der Waals surface area (Å²) in [5, 5.41) is 15.4. The molecule has 0 radical (unpaired) electrons. The van der Waals surface area contributed by atoms with Gasteiger partial charge in [0, 0.05) is 18.3 Å². The quantitative estimate of drug-likeness (QED) is 0.728. The summed E-state index contributed by atoms with van der Waals surface area (Å²) in [5.41, 5.74) is 0.700. The zero-order valence-corrected chi connectivity index (χ0v) is 14.1. The van der Waals surface area contributed by atoms with Gasteiger partial charge >= 0.3 is 12.0 Å². The highest BCUT2D eigenvalue weighted by atomic mass is 32.1. The number of ether oxygens (including phenoxy) is 1. The third-order valence-electron chi connectivity index (χ3n) is 3.30. The van der Waals surface area contributed by atoms with Crippen molar-refractivity contribution in [3.63, 3.8) is 0 Å². The van der Waals surface area contributed by atoms with Crippen LogP contribution in [0.1, 0.15) is 48.0 Å². The smallest absolute Gasteiger partial charge is 0.341 e. The zero-order valence-electron chi connectivity index (χ0n) is 13.3. The molecule has 2 amide bonds. The molecule has 0 saturated carbocycles. The highest BCUT2D eigenvalue weighted by Crippen LogP contribution is 2.39. The summed E-state index contributed by atoms with van der Waals surface area (Å²) in [5.74, 6) is -0.437. The van der Waals surface area contributed by atoms with Gasteiger partial charge in [-0.2, -0.15) is 0 Å². The van der Waals surface area contributed by atoms with Crippen molar-refractivity contribution in [1.82, 2.24) is 5.32 Å². The molecule has 1 unspecified atom stereocenters. The second-order valence-electron chi connectivity index (χ2n) is 6.31. The summed E-state index contributed by atoms with van der Waals surface area (Å²) in [6.45, 7) is 5.41. The number of aliphatic hydroxyl groups excluding tert-OH is 1. The number of hydrogen-bond donors (Lipinski definition) is 3. The molecule has 7 heteroatoms. The van der Waals surface area contributed by atoms with Crippen LogP contribution in [-0.2, 0) is 17.6 Å². The maximum atomic E-state index is 12.5. The Balaban J connectivity index is 2.40. The number of amides is 2. The lowest BCUT2D eigenvalue weighted by Gasteiger charge is -2.22. The summed E-state index contributed by atoms with van der Waals surface area (Å²) in [6, 6.07) is -0.385. The number of esters is 1. The van der Waals surface area contributed by atoms with Crippen molar-refractivity contribution in [2.24, 2.45) is 0 Å². The van der Waals surface area contributed by atoms with Crippen molar-refractivity contribution in [1.29, 1.82) is 0 Å². The van der Waals surface area contributed by atoms with E-state index in [0.29, 0.717) is 29.8 Å². The van der Waals surface area contributed by atoms with Crippen LogP contribution in [0.15, 0.2) is 0 Å². The first-order valence-electron chi connectivity index (χ1n) is 7.26. The van der Waals surface area contributed by atoms with Crippen LogP contribution >= 0.6 is 11.3 Å². The van der Waals surface area contributed by atoms with E-state index < -0.39 is 17.7 Å². The minimum Gasteiger partial charge on any atom is -0.456 e. The molecule has 0 spiro atoms. The van der Waals surface area contributed by atoms with Crippen LogP contribution in [0.4, 0.5) is 9.80 Å². The third-order valence-corrected chi connectivity index (χ3v) is 4.47. The van der Waals surface area contributed by atoms with Gasteiger partial charge in [-0.3, -0.25) is 5.32 Å². The number of nitrogens with one attached hydrogen (secondary N) is 2. The van der Waals surface area contributed by atoms with Crippen LogP contribution < -0.4 is 10.6 Å². The van der Waals surface area contributed by atoms with Crippen LogP contribution in [0.2, 0.25) is 0 Å². The second-order valence-corrected chi connectivity index (χ2v) is 7.42. The van der Waals surface area contributed by atoms with Crippen LogP contribution in [-0.4, -0.2) is 35.9 Å². The first-order chi connectivity index (χ1) is 10.2. The lowest BCUT2D eigenvalue weighted by Crippen LogP contribution is -2.28. The molecule has 1 heterocycles. The predicted octanol–water partition coefficient (Wildman–Crippen LogP) is 2.30. The summed E-state index contributed by atoms with van der Waals surface area (Å²) >= 11 is 1.33. The number of fused-ring (bicyclic) bond motifs is 1. The second kappa shape index (κ2) is 6.26. The van der Waals surface area contributed by atoms with Gasteiger partial charge in [0.05, 0.1) is 11.7 Å². The fourth-order valence-electron chi connectivity index (χ4n) is 2.37. The zero-order chi connectivity index (χ0) is 16.5. The minimum atomic E-state index is -0.607. The van der Waals surface area contributed by atoms with Crippen molar-refractivity contribution in [2.45, 2.75) is 51.7 Å². The predicted molar refractivity (Wildman–Crippen MR) is 85.6 cm³/mol. The maximum Gasteiger partial charge on any atom is 0.341 e. The Bertz CT molecular complexity index is 589. The SMILES string of the molecule is CNC(=O)Nc1sc2c(c1C(=O)OC(C)(C)C)CCC(O)C2. The van der Waals surface area contributed by atoms with Gasteiger partial charge in [-0.05, 0) is 39.2 Å². The Kier molecular flexibility index (Phi) is 4.77. The molecule has 122 valence electrons. The van der Waals surface area contributed by atoms with Crippen LogP contribution in [0, 0.1) is 0 Å². The number of thiophene rings is 1. The number of carbonyl (C=O) groups excluding carboxylic acids is 2. The van der Waals surface area contributed by atoms with E-state index in [-0.39, 0.29) is 6.03 Å². The van der Waals surface area contributed by atoms with Crippen LogP contribution in [0.5, 0.6) is 0 Å². The number of rotatable bonds is 2. The van der Waals surface area contributed by atoms with E-state index in [0.717, 1.165) is 10.4 Å². The molecule has 0 bridgehead atoms. The fourth-order valence-corrected chi connectivity index (χ4v) is 3.67. The van der Waals surface area contributed by atoms with Gasteiger partial charge in [-0.15, -0.1) is 11.3 Å². The Labute approximate surface area is 133 Å². The van der Waals surface area contributed by atoms with E-state index in [1.54, 1.807) is 20.8 Å². The molecule has 0 saturated heterocycles. The molecule has 2 rings (SSSR count). The van der Waals surface area contributed by atoms with E-state index in [1.807, 2.05) is 0 Å². The first kappa shape index (κ1) is 16.8. The van der Waals surface area contributed by atoms with Gasteiger partial charge in [0.15, 0.2) is 0 Å². The standard InChI is InChI=1S/C15H22N2O4S/c1-15(2,3)21-13(19)11-9-6-5-8(18)7-10(9)22-12(11)17-14(20)16-4/h8,18H,5-7H2,1-4H3,(H2,16,17,20). The van der Waals surface area contributed by atoms with Crippen molar-refractivity contribution in [3.8, 4) is 0 Å². The van der Waals surface area contributed by atoms with E-state index in [2.05, 4.69) is 10.6 Å². The molecule has 3 N–H and O–H groups in total. The van der Waals surface area contributed by atoms with E-state index in [9.17, 15) is 14.7 Å². The van der Waals surface area contributed by atoms with Crippen LogP contribution in [0.3, 0.4) is 0 Å². The van der Waals surface area contributed by atoms with Crippen LogP contribution in [0.25, 0.3) is 0 Å². The average Bonchev–Trinajstić information content (AvgIpc) is 2.73. The molecule has 1 aliphatic carbocycles. The molecule has 1 atom stereocenters. The monoisotopic (exact) mass is 326 g/mol. The molecule has 0 aliphatic heterocycles. The van der Waals surface area contributed by atoms with Crippen molar-refractivity contribution in [3.05, 3.63) is 16.0 Å². The molecular formula is C15H22N2O4S. The molecule has 1 aliphatic rings. The molecule has 6 nitrogen and oxygen atoms in total. The maximum absolute atomic E-state index is 12.5. The lowest BCUT2D eigenvalue weighted by atomic mass is 9.93. The molecule has 0 aromatic carbocycles. The van der Waals surface area contributed by atoms with Gasteiger partial charge in [0.2, 0.25) is 0 Å². The largest absolute Gasteiger partial charge is 0.456 e. The fraction of sp³-hybridized carbons (Fsp3) is 0.600. The van der Waals surface area contributed by atoms with E-state index in [1.165, 1.54) is 18.4 Å². The van der Waals surface area contributed by atoms with E-state index in [4.69, 9.17) is 4.74 Å². The first-order valence-corrected chi connectivity index (χ1v) is 8.07. The topological polar surface area (TPSA) is 87.7 Å². The van der Waals surface area contributed by atoms with Crippen molar-refractivity contribution < 1.29 is 19.4 Å². The number of carbonyl (C=O) groups is 2. The highest BCUT2D eigenvalue weighted by Gasteiger charge is 2.31. The van der Waals surface area contributed by atoms with Gasteiger partial charge in [0.1, 0.15) is 10.6 Å². The summed E-state index contributed by atoms with van der Waals surface area (Å²) in [6.07, 6.45) is 1.33. The Hall–Kier alpha value is -1.60. The Morgan fingerprint density at radius 2 is 2.05 bits per heavy atom. The average molecular weight is 326 g/mol. The molecule has 1 aromatic rings. The number of hydrogen-bond acceptors (Lipinski definition) is 5. The summed E-state index contributed by atoms with van der Waals surface area (Å²) < 4.78 is 5.46. The molecule has 22 heavy (non-hydrogen) atoms. The Morgan fingerprint density at radius 3 is 2.64 bits per heavy atom. The molecule has 1 aromatic heterocycles. The minimum absolute atomic E-state index is 0.385. The summed E-state index contributed by atoms with van der Waals surface area (Å²) in [4.78, 5) is 25.1. The van der Waals surface area contributed by atoms with Gasteiger partial charge in [-0.1, -0.05) is 0 Å². The van der Waals surface area contributed by atoms with Crippen molar-refractivity contribution >= 4 is 28.3 Å². The highest BCUT2D eigenvalue weighted by molar-refractivity contribution is 7.17. The molecular weight excluding hydrogens is 304 g/mol. The van der Waals surface area contributed by atoms with Crippen molar-refractivity contribution in [2.75, 3.05) is 12.4 Å². The number of aliphatic hydroxyl groups is 1. The van der Waals surface area contributed by atoms with Gasteiger partial charge in [-0.25, -0.2) is 9.59 Å². The van der Waals surface area contributed by atoms with Gasteiger partial charge in [0.25, 0.3) is 0 Å². The normalized spacial score (nSPS) is 17.6. The van der Waals surface area contributed by atoms with E-state index >= 15 is 0 Å². The van der Waals surface area contributed by atoms with Gasteiger partial charge < -0.3 is 15.2 Å². The third kappa shape index (κ3) is 3.78. The number of anilines is 1. The summed E-state index contributed by atoms with van der Waals surface area (Å²) in [7, 11) is 1.51. The molecule has 0 fully saturated rings. The Morgan fingerprint density at radius 1 is 1.36 bits per heavy atom. The lowest BCUT2D eigenvalue weighted by molar-refractivity contribution is 0.00692.